The summed E-state index contributed by atoms with van der Waals surface area (Å²) < 4.78 is 1.78. The van der Waals surface area contributed by atoms with Crippen LogP contribution >= 0.6 is 11.3 Å². The Morgan fingerprint density at radius 3 is 3.24 bits per heavy atom. The molecule has 1 aliphatic rings. The summed E-state index contributed by atoms with van der Waals surface area (Å²) in [4.78, 5) is 12.1. The van der Waals surface area contributed by atoms with Crippen LogP contribution in [0.4, 0.5) is 5.82 Å². The average molecular weight is 249 g/mol. The molecule has 0 radical (unpaired) electrons. The number of thiophene rings is 1. The van der Waals surface area contributed by atoms with Crippen molar-refractivity contribution in [2.24, 2.45) is 0 Å². The molecule has 1 atom stereocenters. The van der Waals surface area contributed by atoms with E-state index >= 15 is 0 Å². The largest absolute Gasteiger partial charge is 0.476 e. The fourth-order valence-electron chi connectivity index (χ4n) is 2.07. The number of carbonyl (C=O) groups is 1. The Morgan fingerprint density at radius 2 is 2.53 bits per heavy atom. The molecule has 0 saturated heterocycles. The van der Waals surface area contributed by atoms with E-state index < -0.39 is 5.97 Å². The average Bonchev–Trinajstić information content (AvgIpc) is 2.97. The van der Waals surface area contributed by atoms with Gasteiger partial charge >= 0.3 is 5.97 Å². The van der Waals surface area contributed by atoms with Gasteiger partial charge in [0.1, 0.15) is 5.82 Å². The highest BCUT2D eigenvalue weighted by molar-refractivity contribution is 7.10. The maximum atomic E-state index is 10.9. The van der Waals surface area contributed by atoms with Crippen LogP contribution < -0.4 is 5.32 Å². The molecule has 0 spiro atoms. The van der Waals surface area contributed by atoms with Gasteiger partial charge in [-0.15, -0.1) is 11.3 Å². The van der Waals surface area contributed by atoms with Crippen molar-refractivity contribution < 1.29 is 9.90 Å². The number of carboxylic acids is 1. The number of anilines is 1. The van der Waals surface area contributed by atoms with Crippen LogP contribution in [-0.2, 0) is 0 Å². The molecular formula is C11H11N3O2S. The predicted octanol–water partition coefficient (Wildman–Crippen LogP) is 2.05. The Kier molecular flexibility index (Phi) is 2.36. The molecule has 2 aromatic rings. The lowest BCUT2D eigenvalue weighted by molar-refractivity contribution is 0.0689. The smallest absolute Gasteiger partial charge is 0.356 e. The summed E-state index contributed by atoms with van der Waals surface area (Å²) in [7, 11) is 0. The highest BCUT2D eigenvalue weighted by Crippen LogP contribution is 2.32. The summed E-state index contributed by atoms with van der Waals surface area (Å²) in [6.07, 6.45) is 0.925. The molecule has 0 saturated carbocycles. The predicted molar refractivity (Wildman–Crippen MR) is 64.8 cm³/mol. The van der Waals surface area contributed by atoms with Gasteiger partial charge in [0.15, 0.2) is 5.69 Å². The number of fused-ring (bicyclic) bond motifs is 1. The van der Waals surface area contributed by atoms with Crippen molar-refractivity contribution in [2.45, 2.75) is 12.5 Å². The third-order valence-electron chi connectivity index (χ3n) is 2.85. The minimum Gasteiger partial charge on any atom is -0.476 e. The third kappa shape index (κ3) is 1.70. The monoisotopic (exact) mass is 249 g/mol. The summed E-state index contributed by atoms with van der Waals surface area (Å²) in [5, 5.41) is 18.3. The zero-order valence-electron chi connectivity index (χ0n) is 8.96. The first-order chi connectivity index (χ1) is 8.25. The van der Waals surface area contributed by atoms with Crippen LogP contribution in [0.5, 0.6) is 0 Å². The van der Waals surface area contributed by atoms with Crippen LogP contribution in [0, 0.1) is 0 Å². The van der Waals surface area contributed by atoms with E-state index in [0.29, 0.717) is 0 Å². The van der Waals surface area contributed by atoms with Crippen molar-refractivity contribution in [1.29, 1.82) is 0 Å². The second-order valence-corrected chi connectivity index (χ2v) is 4.89. The van der Waals surface area contributed by atoms with Gasteiger partial charge in [0.05, 0.1) is 6.04 Å². The minimum absolute atomic E-state index is 0.0935. The van der Waals surface area contributed by atoms with Crippen LogP contribution in [0.25, 0.3) is 0 Å². The summed E-state index contributed by atoms with van der Waals surface area (Å²) in [6.45, 7) is 0.841. The van der Waals surface area contributed by atoms with E-state index in [0.717, 1.165) is 18.8 Å². The van der Waals surface area contributed by atoms with Gasteiger partial charge in [-0.05, 0) is 17.9 Å². The van der Waals surface area contributed by atoms with Crippen molar-refractivity contribution in [3.63, 3.8) is 0 Å². The van der Waals surface area contributed by atoms with Crippen LogP contribution in [0.15, 0.2) is 23.6 Å². The number of rotatable bonds is 2. The Bertz CT molecular complexity index is 547. The SMILES string of the molecule is O=C(O)c1cc2n(n1)C(c1cccs1)CCN2. The maximum Gasteiger partial charge on any atom is 0.356 e. The van der Waals surface area contributed by atoms with Gasteiger partial charge in [-0.1, -0.05) is 6.07 Å². The summed E-state index contributed by atoms with van der Waals surface area (Å²) in [6, 6.07) is 5.80. The second kappa shape index (κ2) is 3.89. The fourth-order valence-corrected chi connectivity index (χ4v) is 2.92. The van der Waals surface area contributed by atoms with Crippen molar-refractivity contribution in [2.75, 3.05) is 11.9 Å². The topological polar surface area (TPSA) is 67.1 Å². The maximum absolute atomic E-state index is 10.9. The molecule has 2 aromatic heterocycles. The molecule has 0 aromatic carbocycles. The number of carboxylic acid groups (broad SMARTS) is 1. The fraction of sp³-hybridized carbons (Fsp3) is 0.273. The van der Waals surface area contributed by atoms with Crippen molar-refractivity contribution >= 4 is 23.1 Å². The molecule has 88 valence electrons. The molecule has 0 bridgehead atoms. The molecule has 3 rings (SSSR count). The van der Waals surface area contributed by atoms with E-state index in [1.807, 2.05) is 11.4 Å². The molecule has 0 amide bonds. The van der Waals surface area contributed by atoms with Gasteiger partial charge in [0.25, 0.3) is 0 Å². The van der Waals surface area contributed by atoms with Gasteiger partial charge in [-0.25, -0.2) is 9.48 Å². The van der Waals surface area contributed by atoms with E-state index in [2.05, 4.69) is 16.5 Å². The Balaban J connectivity index is 2.04. The first kappa shape index (κ1) is 10.3. The van der Waals surface area contributed by atoms with E-state index in [-0.39, 0.29) is 11.7 Å². The molecule has 3 heterocycles. The molecular weight excluding hydrogens is 238 g/mol. The van der Waals surface area contributed by atoms with E-state index in [1.165, 1.54) is 4.88 Å². The Labute approximate surface area is 102 Å². The zero-order valence-corrected chi connectivity index (χ0v) is 9.78. The highest BCUT2D eigenvalue weighted by atomic mass is 32.1. The van der Waals surface area contributed by atoms with E-state index in [9.17, 15) is 4.79 Å². The first-order valence-electron chi connectivity index (χ1n) is 5.36. The number of nitrogens with zero attached hydrogens (tertiary/aromatic N) is 2. The van der Waals surface area contributed by atoms with Crippen LogP contribution in [0.2, 0.25) is 0 Å². The molecule has 0 fully saturated rings. The molecule has 6 heteroatoms. The van der Waals surface area contributed by atoms with Crippen LogP contribution in [-0.4, -0.2) is 27.4 Å². The quantitative estimate of drug-likeness (QED) is 0.854. The summed E-state index contributed by atoms with van der Waals surface area (Å²) in [5.74, 6) is -0.203. The van der Waals surface area contributed by atoms with Gasteiger partial charge in [0, 0.05) is 17.5 Å². The molecule has 0 aliphatic carbocycles. The van der Waals surface area contributed by atoms with Gasteiger partial charge in [-0.3, -0.25) is 0 Å². The van der Waals surface area contributed by atoms with Crippen LogP contribution in [0.1, 0.15) is 27.8 Å². The van der Waals surface area contributed by atoms with Crippen molar-refractivity contribution in [1.82, 2.24) is 9.78 Å². The number of hydrogen-bond donors (Lipinski definition) is 2. The Hall–Kier alpha value is -1.82. The lowest BCUT2D eigenvalue weighted by atomic mass is 10.1. The number of hydrogen-bond acceptors (Lipinski definition) is 4. The number of nitrogens with one attached hydrogen (secondary N) is 1. The van der Waals surface area contributed by atoms with Crippen LogP contribution in [0.3, 0.4) is 0 Å². The highest BCUT2D eigenvalue weighted by Gasteiger charge is 2.25. The third-order valence-corrected chi connectivity index (χ3v) is 3.82. The molecule has 5 nitrogen and oxygen atoms in total. The molecule has 1 unspecified atom stereocenters. The van der Waals surface area contributed by atoms with E-state index in [1.54, 1.807) is 22.1 Å². The van der Waals surface area contributed by atoms with Crippen molar-refractivity contribution in [3.8, 4) is 0 Å². The minimum atomic E-state index is -0.987. The molecule has 17 heavy (non-hydrogen) atoms. The van der Waals surface area contributed by atoms with Gasteiger partial charge in [-0.2, -0.15) is 5.10 Å². The molecule has 1 aliphatic heterocycles. The normalized spacial score (nSPS) is 18.5. The van der Waals surface area contributed by atoms with Gasteiger partial charge in [0.2, 0.25) is 0 Å². The molecule has 2 N–H and O–H groups in total. The standard InChI is InChI=1S/C11H11N3O2S/c15-11(16)7-6-10-12-4-3-8(14(10)13-7)9-2-1-5-17-9/h1-2,5-6,8,12H,3-4H2,(H,15,16). The lowest BCUT2D eigenvalue weighted by Gasteiger charge is -2.24. The second-order valence-electron chi connectivity index (χ2n) is 3.91. The zero-order chi connectivity index (χ0) is 11.8. The number of aromatic carboxylic acids is 1. The summed E-state index contributed by atoms with van der Waals surface area (Å²) in [5.41, 5.74) is 0.0935. The Morgan fingerprint density at radius 1 is 1.65 bits per heavy atom. The lowest BCUT2D eigenvalue weighted by Crippen LogP contribution is -2.23. The summed E-state index contributed by atoms with van der Waals surface area (Å²) >= 11 is 1.67. The van der Waals surface area contributed by atoms with Crippen molar-refractivity contribution in [3.05, 3.63) is 34.2 Å². The first-order valence-corrected chi connectivity index (χ1v) is 6.24. The van der Waals surface area contributed by atoms with E-state index in [4.69, 9.17) is 5.11 Å². The van der Waals surface area contributed by atoms with Gasteiger partial charge < -0.3 is 10.4 Å². The number of aromatic nitrogens is 2.